The number of rotatable bonds is 2. The van der Waals surface area contributed by atoms with Gasteiger partial charge in [0.15, 0.2) is 0 Å². The maximum absolute atomic E-state index is 10.3. The van der Waals surface area contributed by atoms with Crippen LogP contribution in [-0.2, 0) is 0 Å². The van der Waals surface area contributed by atoms with Crippen molar-refractivity contribution in [2.24, 2.45) is 0 Å². The zero-order chi connectivity index (χ0) is 9.14. The van der Waals surface area contributed by atoms with Crippen molar-refractivity contribution in [3.8, 4) is 0 Å². The summed E-state index contributed by atoms with van der Waals surface area (Å²) >= 11 is 3.87. The number of nitrogens with zero attached hydrogens (tertiary/aromatic N) is 1. The molecule has 1 rings (SSSR count). The summed E-state index contributed by atoms with van der Waals surface area (Å²) in [5.41, 5.74) is 0.127. The van der Waals surface area contributed by atoms with Gasteiger partial charge >= 0.3 is 29.6 Å². The van der Waals surface area contributed by atoms with E-state index in [0.29, 0.717) is 6.29 Å². The van der Waals surface area contributed by atoms with Gasteiger partial charge in [-0.2, -0.15) is 0 Å². The van der Waals surface area contributed by atoms with Gasteiger partial charge in [-0.05, 0) is 6.07 Å². The largest absolute Gasteiger partial charge is 1.00 e. The van der Waals surface area contributed by atoms with Crippen LogP contribution in [0.4, 0.5) is 5.69 Å². The number of hydrogen-bond donors (Lipinski definition) is 1. The number of carbonyl (C=O) groups excluding carboxylic acids is 1. The van der Waals surface area contributed by atoms with E-state index in [2.05, 4.69) is 12.6 Å². The van der Waals surface area contributed by atoms with E-state index in [9.17, 15) is 14.9 Å². The van der Waals surface area contributed by atoms with Gasteiger partial charge in [-0.15, -0.1) is 12.6 Å². The van der Waals surface area contributed by atoms with Crippen LogP contribution < -0.4 is 29.6 Å². The molecule has 1 aromatic carbocycles. The summed E-state index contributed by atoms with van der Waals surface area (Å²) in [4.78, 5) is 20.3. The smallest absolute Gasteiger partial charge is 1.00 e. The van der Waals surface area contributed by atoms with Crippen LogP contribution in [0, 0.1) is 10.1 Å². The molecule has 0 aliphatic rings. The van der Waals surface area contributed by atoms with E-state index >= 15 is 0 Å². The van der Waals surface area contributed by atoms with Crippen LogP contribution in [0.5, 0.6) is 0 Å². The number of thiol groups is 1. The van der Waals surface area contributed by atoms with Crippen LogP contribution in [0.3, 0.4) is 0 Å². The molecule has 0 heterocycles. The molecule has 0 aromatic heterocycles. The number of carbonyl (C=O) groups is 1. The van der Waals surface area contributed by atoms with Crippen molar-refractivity contribution in [1.29, 1.82) is 0 Å². The van der Waals surface area contributed by atoms with Gasteiger partial charge in [0, 0.05) is 11.6 Å². The van der Waals surface area contributed by atoms with Crippen LogP contribution in [0.15, 0.2) is 23.1 Å². The average Bonchev–Trinajstić information content (AvgIpc) is 2.05. The predicted molar refractivity (Wildman–Crippen MR) is 46.8 cm³/mol. The minimum Gasteiger partial charge on any atom is -1.00 e. The summed E-state index contributed by atoms with van der Waals surface area (Å²) in [5, 5.41) is 10.3. The molecule has 64 valence electrons. The summed E-state index contributed by atoms with van der Waals surface area (Å²) in [6.07, 6.45) is 0.556. The second kappa shape index (κ2) is 5.39. The monoisotopic (exact) mass is 207 g/mol. The molecular weight excluding hydrogens is 201 g/mol. The van der Waals surface area contributed by atoms with Crippen LogP contribution in [-0.4, -0.2) is 11.2 Å². The summed E-state index contributed by atoms with van der Waals surface area (Å²) in [7, 11) is 0. The van der Waals surface area contributed by atoms with Crippen LogP contribution in [0.1, 0.15) is 11.8 Å². The van der Waals surface area contributed by atoms with E-state index in [-0.39, 0.29) is 47.1 Å². The summed E-state index contributed by atoms with van der Waals surface area (Å²) < 4.78 is 0. The van der Waals surface area contributed by atoms with Crippen molar-refractivity contribution in [3.05, 3.63) is 33.9 Å². The fourth-order valence-electron chi connectivity index (χ4n) is 0.760. The Morgan fingerprint density at radius 3 is 2.62 bits per heavy atom. The van der Waals surface area contributed by atoms with E-state index in [1.165, 1.54) is 18.2 Å². The SMILES string of the molecule is O=Cc1ccc(S)c([N+](=O)[O-])c1.[H-].[Na+]. The molecule has 0 aliphatic heterocycles. The molecular formula is C7H6NNaO3S. The molecule has 0 atom stereocenters. The Morgan fingerprint density at radius 1 is 1.54 bits per heavy atom. The first-order valence-electron chi connectivity index (χ1n) is 3.07. The van der Waals surface area contributed by atoms with Gasteiger partial charge in [0.05, 0.1) is 9.82 Å². The zero-order valence-electron chi connectivity index (χ0n) is 7.93. The Labute approximate surface area is 104 Å². The molecule has 0 bridgehead atoms. The number of nitro groups is 1. The van der Waals surface area contributed by atoms with Gasteiger partial charge in [-0.1, -0.05) is 6.07 Å². The third-order valence-corrected chi connectivity index (χ3v) is 1.71. The number of benzene rings is 1. The first-order valence-corrected chi connectivity index (χ1v) is 3.52. The second-order valence-electron chi connectivity index (χ2n) is 2.12. The normalized spacial score (nSPS) is 8.69. The van der Waals surface area contributed by atoms with E-state index in [1.807, 2.05) is 0 Å². The van der Waals surface area contributed by atoms with Crippen molar-refractivity contribution < 1.29 is 40.7 Å². The van der Waals surface area contributed by atoms with E-state index in [1.54, 1.807) is 0 Å². The quantitative estimate of drug-likeness (QED) is 0.218. The van der Waals surface area contributed by atoms with Gasteiger partial charge in [-0.3, -0.25) is 14.9 Å². The molecule has 0 unspecified atom stereocenters. The van der Waals surface area contributed by atoms with E-state index in [4.69, 9.17) is 0 Å². The molecule has 0 saturated carbocycles. The summed E-state index contributed by atoms with van der Waals surface area (Å²) in [6, 6.07) is 4.09. The van der Waals surface area contributed by atoms with Gasteiger partial charge in [-0.25, -0.2) is 0 Å². The van der Waals surface area contributed by atoms with Crippen molar-refractivity contribution in [1.82, 2.24) is 0 Å². The maximum Gasteiger partial charge on any atom is 1.00 e. The molecule has 0 aliphatic carbocycles. The van der Waals surface area contributed by atoms with Crippen molar-refractivity contribution in [2.45, 2.75) is 4.90 Å². The third kappa shape index (κ3) is 3.11. The van der Waals surface area contributed by atoms with E-state index in [0.717, 1.165) is 0 Å². The fraction of sp³-hybridized carbons (Fsp3) is 0. The van der Waals surface area contributed by atoms with Crippen molar-refractivity contribution in [3.63, 3.8) is 0 Å². The first kappa shape index (κ1) is 12.6. The molecule has 0 fully saturated rings. The van der Waals surface area contributed by atoms with Crippen LogP contribution in [0.25, 0.3) is 0 Å². The van der Waals surface area contributed by atoms with Crippen LogP contribution in [0.2, 0.25) is 0 Å². The summed E-state index contributed by atoms with van der Waals surface area (Å²) in [6.45, 7) is 0. The first-order chi connectivity index (χ1) is 5.65. The fourth-order valence-corrected chi connectivity index (χ4v) is 0.981. The molecule has 6 heteroatoms. The molecule has 4 nitrogen and oxygen atoms in total. The minimum absolute atomic E-state index is 0. The van der Waals surface area contributed by atoms with Gasteiger partial charge in [0.2, 0.25) is 0 Å². The maximum atomic E-state index is 10.3. The predicted octanol–water partition coefficient (Wildman–Crippen LogP) is -1.19. The van der Waals surface area contributed by atoms with Gasteiger partial charge in [0.25, 0.3) is 5.69 Å². The number of hydrogen-bond acceptors (Lipinski definition) is 4. The van der Waals surface area contributed by atoms with Crippen LogP contribution >= 0.6 is 12.6 Å². The molecule has 13 heavy (non-hydrogen) atoms. The van der Waals surface area contributed by atoms with Gasteiger partial charge in [0.1, 0.15) is 6.29 Å². The van der Waals surface area contributed by atoms with Crippen molar-refractivity contribution >= 4 is 24.6 Å². The second-order valence-corrected chi connectivity index (χ2v) is 2.60. The Morgan fingerprint density at radius 2 is 2.15 bits per heavy atom. The standard InChI is InChI=1S/C7H5NO3S.Na.H/c9-4-5-1-2-7(12)6(3-5)8(10)11;;/h1-4,12H;;/q;+1;-1. The topological polar surface area (TPSA) is 60.2 Å². The zero-order valence-corrected chi connectivity index (χ0v) is 9.82. The van der Waals surface area contributed by atoms with E-state index < -0.39 is 4.92 Å². The average molecular weight is 207 g/mol. The Bertz CT molecular complexity index is 348. The Balaban J connectivity index is 0. The molecule has 1 aromatic rings. The van der Waals surface area contributed by atoms with Gasteiger partial charge < -0.3 is 1.43 Å². The molecule has 0 amide bonds. The number of aldehydes is 1. The Hall–Kier alpha value is -0.360. The Kier molecular flexibility index (Phi) is 5.24. The third-order valence-electron chi connectivity index (χ3n) is 1.33. The number of nitro benzene ring substituents is 1. The minimum atomic E-state index is -0.574. The summed E-state index contributed by atoms with van der Waals surface area (Å²) in [5.74, 6) is 0. The van der Waals surface area contributed by atoms with Crippen molar-refractivity contribution in [2.75, 3.05) is 0 Å². The molecule has 0 saturated heterocycles. The molecule has 0 spiro atoms. The molecule has 0 radical (unpaired) electrons. The molecule has 0 N–H and O–H groups in total.